The van der Waals surface area contributed by atoms with E-state index in [0.717, 1.165) is 11.1 Å². The molecule has 2 heterocycles. The highest BCUT2D eigenvalue weighted by atomic mass is 35.5. The van der Waals surface area contributed by atoms with E-state index in [1.807, 2.05) is 30.3 Å². The minimum Gasteiger partial charge on any atom is -0.497 e. The third kappa shape index (κ3) is 4.61. The number of thioether (sulfide) groups is 1. The quantitative estimate of drug-likeness (QED) is 0.492. The molecule has 7 nitrogen and oxygen atoms in total. The molecule has 2 aromatic carbocycles. The van der Waals surface area contributed by atoms with Gasteiger partial charge in [-0.05, 0) is 23.3 Å². The third-order valence-corrected chi connectivity index (χ3v) is 6.92. The van der Waals surface area contributed by atoms with Gasteiger partial charge in [0.1, 0.15) is 29.5 Å². The lowest BCUT2D eigenvalue weighted by Gasteiger charge is -2.49. The number of rotatable bonds is 7. The first-order valence-corrected chi connectivity index (χ1v) is 11.4. The summed E-state index contributed by atoms with van der Waals surface area (Å²) >= 11 is 7.68. The Morgan fingerprint density at radius 1 is 1.12 bits per heavy atom. The van der Waals surface area contributed by atoms with Crippen molar-refractivity contribution in [3.63, 3.8) is 0 Å². The van der Waals surface area contributed by atoms with Crippen LogP contribution in [0.4, 0.5) is 0 Å². The molecular weight excluding hydrogens is 452 g/mol. The predicted octanol–water partition coefficient (Wildman–Crippen LogP) is 2.83. The van der Waals surface area contributed by atoms with Crippen molar-refractivity contribution in [3.8, 4) is 5.75 Å². The van der Waals surface area contributed by atoms with Gasteiger partial charge in [0.05, 0.1) is 18.6 Å². The van der Waals surface area contributed by atoms with Gasteiger partial charge in [0.25, 0.3) is 5.91 Å². The average molecular weight is 473 g/mol. The zero-order chi connectivity index (χ0) is 22.7. The summed E-state index contributed by atoms with van der Waals surface area (Å²) in [7, 11) is 1.57. The Kier molecular flexibility index (Phi) is 6.72. The number of nitrogens with zero attached hydrogens (tertiary/aromatic N) is 1. The van der Waals surface area contributed by atoms with Gasteiger partial charge in [-0.1, -0.05) is 54.1 Å². The molecule has 32 heavy (non-hydrogen) atoms. The summed E-state index contributed by atoms with van der Waals surface area (Å²) in [5, 5.41) is 2.64. The van der Waals surface area contributed by atoms with Crippen LogP contribution in [-0.4, -0.2) is 47.0 Å². The van der Waals surface area contributed by atoms with Crippen molar-refractivity contribution in [2.24, 2.45) is 0 Å². The second-order valence-corrected chi connectivity index (χ2v) is 8.86. The first-order chi connectivity index (χ1) is 15.5. The number of nitrogens with one attached hydrogen (secondary N) is 1. The summed E-state index contributed by atoms with van der Waals surface area (Å²) in [5.74, 6) is -0.242. The highest BCUT2D eigenvalue weighted by Gasteiger charge is 2.54. The van der Waals surface area contributed by atoms with Gasteiger partial charge in [0.15, 0.2) is 0 Å². The van der Waals surface area contributed by atoms with Crippen LogP contribution in [0.15, 0.2) is 65.3 Å². The van der Waals surface area contributed by atoms with Crippen LogP contribution in [0.5, 0.6) is 5.75 Å². The number of hydrogen-bond acceptors (Lipinski definition) is 6. The van der Waals surface area contributed by atoms with E-state index in [4.69, 9.17) is 21.1 Å². The van der Waals surface area contributed by atoms with Crippen molar-refractivity contribution >= 4 is 41.1 Å². The van der Waals surface area contributed by atoms with E-state index < -0.39 is 17.4 Å². The molecule has 0 aliphatic carbocycles. The van der Waals surface area contributed by atoms with Crippen LogP contribution in [-0.2, 0) is 32.1 Å². The molecule has 0 aromatic heterocycles. The molecule has 9 heteroatoms. The Morgan fingerprint density at radius 2 is 1.84 bits per heavy atom. The fraction of sp³-hybridized carbons (Fsp3) is 0.261. The number of fused-ring (bicyclic) bond motifs is 1. The zero-order valence-electron chi connectivity index (χ0n) is 17.2. The molecule has 2 atom stereocenters. The Bertz CT molecular complexity index is 1060. The van der Waals surface area contributed by atoms with E-state index in [1.54, 1.807) is 31.4 Å². The van der Waals surface area contributed by atoms with Crippen LogP contribution in [0.2, 0.25) is 0 Å². The first-order valence-electron chi connectivity index (χ1n) is 9.94. The van der Waals surface area contributed by atoms with Crippen LogP contribution < -0.4 is 10.1 Å². The molecule has 4 rings (SSSR count). The lowest BCUT2D eigenvalue weighted by atomic mass is 10.0. The van der Waals surface area contributed by atoms with Gasteiger partial charge in [-0.15, -0.1) is 11.8 Å². The number of carbonyl (C=O) groups is 3. The number of ether oxygens (including phenoxy) is 2. The van der Waals surface area contributed by atoms with Crippen LogP contribution >= 0.6 is 23.4 Å². The molecule has 0 radical (unpaired) electrons. The molecule has 0 spiro atoms. The van der Waals surface area contributed by atoms with Gasteiger partial charge in [-0.2, -0.15) is 0 Å². The first kappa shape index (κ1) is 22.2. The molecule has 1 fully saturated rings. The number of benzene rings is 2. The molecule has 2 aliphatic heterocycles. The van der Waals surface area contributed by atoms with Gasteiger partial charge < -0.3 is 14.8 Å². The van der Waals surface area contributed by atoms with Crippen molar-refractivity contribution in [1.29, 1.82) is 0 Å². The average Bonchev–Trinajstić information content (AvgIpc) is 2.81. The number of carbonyl (C=O) groups excluding carboxylic acids is 3. The minimum atomic E-state index is -0.703. The molecular formula is C23H21ClN2O5S. The van der Waals surface area contributed by atoms with E-state index in [-0.39, 0.29) is 35.6 Å². The van der Waals surface area contributed by atoms with Crippen molar-refractivity contribution < 1.29 is 23.9 Å². The van der Waals surface area contributed by atoms with Crippen molar-refractivity contribution in [3.05, 3.63) is 76.5 Å². The van der Waals surface area contributed by atoms with E-state index in [9.17, 15) is 14.4 Å². The number of hydrogen-bond donors (Lipinski definition) is 1. The second kappa shape index (κ2) is 9.67. The molecule has 2 amide bonds. The number of amides is 2. The monoisotopic (exact) mass is 472 g/mol. The van der Waals surface area contributed by atoms with Gasteiger partial charge in [0.2, 0.25) is 5.91 Å². The van der Waals surface area contributed by atoms with Crippen molar-refractivity contribution in [2.75, 3.05) is 12.9 Å². The fourth-order valence-electron chi connectivity index (χ4n) is 3.52. The lowest BCUT2D eigenvalue weighted by Crippen LogP contribution is -2.70. The largest absolute Gasteiger partial charge is 0.497 e. The number of β-lactam (4-membered cyclic amide) rings is 1. The smallest absolute Gasteiger partial charge is 0.356 e. The van der Waals surface area contributed by atoms with Gasteiger partial charge in [-0.3, -0.25) is 14.5 Å². The Balaban J connectivity index is 1.37. The molecule has 2 aromatic rings. The molecule has 0 saturated carbocycles. The van der Waals surface area contributed by atoms with E-state index in [2.05, 4.69) is 5.32 Å². The van der Waals surface area contributed by atoms with Crippen LogP contribution in [0, 0.1) is 0 Å². The summed E-state index contributed by atoms with van der Waals surface area (Å²) in [6.07, 6.45) is 0.176. The summed E-state index contributed by atoms with van der Waals surface area (Å²) in [5.41, 5.74) is 1.68. The molecule has 1 unspecified atom stereocenters. The van der Waals surface area contributed by atoms with Crippen LogP contribution in [0.1, 0.15) is 11.1 Å². The second-order valence-electron chi connectivity index (χ2n) is 7.30. The third-order valence-electron chi connectivity index (χ3n) is 5.17. The summed E-state index contributed by atoms with van der Waals surface area (Å²) < 4.78 is 10.5. The van der Waals surface area contributed by atoms with Crippen molar-refractivity contribution in [1.82, 2.24) is 10.2 Å². The van der Waals surface area contributed by atoms with Crippen LogP contribution in [0.3, 0.4) is 0 Å². The predicted molar refractivity (Wildman–Crippen MR) is 121 cm³/mol. The van der Waals surface area contributed by atoms with Gasteiger partial charge in [-0.25, -0.2) is 4.79 Å². The molecule has 1 N–H and O–H groups in total. The Morgan fingerprint density at radius 3 is 2.53 bits per heavy atom. The van der Waals surface area contributed by atoms with Crippen LogP contribution in [0.25, 0.3) is 0 Å². The molecule has 0 bridgehead atoms. The number of halogens is 1. The van der Waals surface area contributed by atoms with Gasteiger partial charge in [0, 0.05) is 5.75 Å². The maximum absolute atomic E-state index is 12.8. The Hall–Kier alpha value is -2.97. The highest BCUT2D eigenvalue weighted by molar-refractivity contribution is 8.00. The molecule has 1 saturated heterocycles. The zero-order valence-corrected chi connectivity index (χ0v) is 18.8. The standard InChI is InChI=1S/C23H21ClN2O5S/c1-30-16-9-7-15(8-10-16)12-31-23(29)20-17(24)13-32-22-19(21(28)26(20)22)25-18(27)11-14-5-3-2-4-6-14/h2-10,19,22H,11-13H2,1H3,(H,25,27)/t19-,22?/m1/s1. The van der Waals surface area contributed by atoms with E-state index in [1.165, 1.54) is 16.7 Å². The summed E-state index contributed by atoms with van der Waals surface area (Å²) in [6, 6.07) is 15.7. The van der Waals surface area contributed by atoms with E-state index in [0.29, 0.717) is 11.5 Å². The number of methoxy groups -OCH3 is 1. The lowest BCUT2D eigenvalue weighted by molar-refractivity contribution is -0.153. The molecule has 2 aliphatic rings. The summed E-state index contributed by atoms with van der Waals surface area (Å²) in [6.45, 7) is 0.0353. The number of esters is 1. The summed E-state index contributed by atoms with van der Waals surface area (Å²) in [4.78, 5) is 39.2. The maximum Gasteiger partial charge on any atom is 0.356 e. The fourth-order valence-corrected chi connectivity index (χ4v) is 5.06. The van der Waals surface area contributed by atoms with Gasteiger partial charge >= 0.3 is 5.97 Å². The van der Waals surface area contributed by atoms with Crippen molar-refractivity contribution in [2.45, 2.75) is 24.4 Å². The SMILES string of the molecule is COc1ccc(COC(=O)C2=C(Cl)CSC3[C@H](NC(=O)Cc4ccccc4)C(=O)N23)cc1. The minimum absolute atomic E-state index is 0.0353. The van der Waals surface area contributed by atoms with E-state index >= 15 is 0 Å². The topological polar surface area (TPSA) is 84.9 Å². The Labute approximate surface area is 194 Å². The molecule has 166 valence electrons. The normalized spacial score (nSPS) is 19.7. The maximum atomic E-state index is 12.8. The highest BCUT2D eigenvalue weighted by Crippen LogP contribution is 2.41.